The van der Waals surface area contributed by atoms with Crippen molar-refractivity contribution in [2.45, 2.75) is 89.4 Å². The Bertz CT molecular complexity index is 295. The van der Waals surface area contributed by atoms with E-state index in [0.29, 0.717) is 12.2 Å². The molecule has 1 saturated heterocycles. The molecule has 1 aliphatic carbocycles. The highest BCUT2D eigenvalue weighted by atomic mass is 16.6. The molecule has 0 amide bonds. The molecule has 19 heavy (non-hydrogen) atoms. The molecule has 4 nitrogen and oxygen atoms in total. The molecule has 2 aliphatic rings. The third kappa shape index (κ3) is 4.44. The van der Waals surface area contributed by atoms with E-state index in [0.717, 1.165) is 44.4 Å². The summed E-state index contributed by atoms with van der Waals surface area (Å²) in [5, 5.41) is 11.0. The Labute approximate surface area is 116 Å². The van der Waals surface area contributed by atoms with Gasteiger partial charge in [-0.2, -0.15) is 0 Å². The Morgan fingerprint density at radius 3 is 2.53 bits per heavy atom. The number of hydrogen-bond acceptors (Lipinski definition) is 3. The molecule has 0 aromatic carbocycles. The largest absolute Gasteiger partial charge is 0.374 e. The van der Waals surface area contributed by atoms with Crippen LogP contribution in [-0.4, -0.2) is 23.2 Å². The lowest BCUT2D eigenvalue weighted by Gasteiger charge is -2.25. The molecular weight excluding hydrogens is 242 g/mol. The van der Waals surface area contributed by atoms with Gasteiger partial charge in [0.2, 0.25) is 6.04 Å². The Hall–Kier alpha value is -0.640. The van der Waals surface area contributed by atoms with Crippen LogP contribution in [0.25, 0.3) is 0 Å². The normalized spacial score (nSPS) is 29.4. The fraction of sp³-hybridized carbons (Fsp3) is 1.00. The molecule has 2 rings (SSSR count). The van der Waals surface area contributed by atoms with Crippen LogP contribution in [0.4, 0.5) is 0 Å². The highest BCUT2D eigenvalue weighted by Gasteiger charge is 2.54. The van der Waals surface area contributed by atoms with Gasteiger partial charge in [0.25, 0.3) is 0 Å². The number of fused-ring (bicyclic) bond motifs is 1. The zero-order valence-electron chi connectivity index (χ0n) is 12.1. The number of rotatable bonds is 11. The summed E-state index contributed by atoms with van der Waals surface area (Å²) >= 11 is 0. The van der Waals surface area contributed by atoms with Crippen molar-refractivity contribution in [3.8, 4) is 0 Å². The van der Waals surface area contributed by atoms with Crippen LogP contribution in [0.2, 0.25) is 0 Å². The van der Waals surface area contributed by atoms with E-state index >= 15 is 0 Å². The molecule has 0 aromatic rings. The summed E-state index contributed by atoms with van der Waals surface area (Å²) in [5.74, 6) is 0.808. The lowest BCUT2D eigenvalue weighted by molar-refractivity contribution is -0.524. The molecule has 110 valence electrons. The van der Waals surface area contributed by atoms with Gasteiger partial charge in [-0.1, -0.05) is 32.6 Å². The van der Waals surface area contributed by atoms with Gasteiger partial charge in [-0.3, -0.25) is 10.1 Å². The smallest absolute Gasteiger partial charge is 0.213 e. The van der Waals surface area contributed by atoms with Crippen molar-refractivity contribution in [2.75, 3.05) is 0 Å². The Morgan fingerprint density at radius 1 is 1.21 bits per heavy atom. The van der Waals surface area contributed by atoms with Gasteiger partial charge in [0, 0.05) is 23.7 Å². The first-order valence-corrected chi connectivity index (χ1v) is 8.01. The molecule has 0 aromatic heterocycles. The van der Waals surface area contributed by atoms with Crippen LogP contribution >= 0.6 is 0 Å². The van der Waals surface area contributed by atoms with Gasteiger partial charge >= 0.3 is 0 Å². The van der Waals surface area contributed by atoms with Crippen LogP contribution in [-0.2, 0) is 4.74 Å². The fourth-order valence-electron chi connectivity index (χ4n) is 3.15. The zero-order valence-corrected chi connectivity index (χ0v) is 12.1. The minimum atomic E-state index is -0.322. The summed E-state index contributed by atoms with van der Waals surface area (Å²) in [7, 11) is 0. The standard InChI is InChI=1S/C15H27NO3/c1-2-3-4-5-6-8-12(16(17)18)9-7-10-14-13-11-15(13)19-14/h12-15H,2-11H2,1H3. The summed E-state index contributed by atoms with van der Waals surface area (Å²) in [4.78, 5) is 11.0. The molecule has 1 aliphatic heterocycles. The van der Waals surface area contributed by atoms with Crippen LogP contribution in [0.3, 0.4) is 0 Å². The molecule has 4 unspecified atom stereocenters. The van der Waals surface area contributed by atoms with Crippen molar-refractivity contribution in [3.63, 3.8) is 0 Å². The van der Waals surface area contributed by atoms with E-state index in [1.165, 1.54) is 25.7 Å². The van der Waals surface area contributed by atoms with Crippen molar-refractivity contribution in [2.24, 2.45) is 5.92 Å². The molecule has 2 fully saturated rings. The first-order chi connectivity index (χ1) is 9.22. The highest BCUT2D eigenvalue weighted by Crippen LogP contribution is 2.50. The lowest BCUT2D eigenvalue weighted by atomic mass is 9.99. The van der Waals surface area contributed by atoms with Crippen molar-refractivity contribution in [1.29, 1.82) is 0 Å². The van der Waals surface area contributed by atoms with Gasteiger partial charge < -0.3 is 4.74 Å². The number of nitrogens with zero attached hydrogens (tertiary/aromatic N) is 1. The van der Waals surface area contributed by atoms with E-state index < -0.39 is 0 Å². The van der Waals surface area contributed by atoms with E-state index in [-0.39, 0.29) is 11.0 Å². The highest BCUT2D eigenvalue weighted by molar-refractivity contribution is 5.02. The van der Waals surface area contributed by atoms with Gasteiger partial charge in [0.1, 0.15) is 0 Å². The predicted molar refractivity (Wildman–Crippen MR) is 74.8 cm³/mol. The SMILES string of the molecule is CCCCCCCC(CCCC1OC2CC12)[N+](=O)[O-]. The molecule has 4 heteroatoms. The van der Waals surface area contributed by atoms with Crippen molar-refractivity contribution in [3.05, 3.63) is 10.1 Å². The first-order valence-electron chi connectivity index (χ1n) is 8.01. The molecule has 1 saturated carbocycles. The Morgan fingerprint density at radius 2 is 1.95 bits per heavy atom. The summed E-state index contributed by atoms with van der Waals surface area (Å²) in [6.07, 6.45) is 11.6. The minimum Gasteiger partial charge on any atom is -0.374 e. The second-order valence-electron chi connectivity index (χ2n) is 6.19. The van der Waals surface area contributed by atoms with Crippen molar-refractivity contribution in [1.82, 2.24) is 0 Å². The third-order valence-corrected chi connectivity index (χ3v) is 4.57. The minimum absolute atomic E-state index is 0.0681. The third-order valence-electron chi connectivity index (χ3n) is 4.57. The van der Waals surface area contributed by atoms with Crippen molar-refractivity contribution >= 4 is 0 Å². The van der Waals surface area contributed by atoms with Crippen LogP contribution in [0.15, 0.2) is 0 Å². The van der Waals surface area contributed by atoms with Gasteiger partial charge in [-0.25, -0.2) is 0 Å². The second kappa shape index (κ2) is 7.22. The fourth-order valence-corrected chi connectivity index (χ4v) is 3.15. The Balaban J connectivity index is 1.52. The van der Waals surface area contributed by atoms with Crippen LogP contribution in [0, 0.1) is 16.0 Å². The monoisotopic (exact) mass is 269 g/mol. The van der Waals surface area contributed by atoms with Gasteiger partial charge in [0.15, 0.2) is 0 Å². The quantitative estimate of drug-likeness (QED) is 0.324. The maximum absolute atomic E-state index is 11.0. The maximum atomic E-state index is 11.0. The molecule has 1 heterocycles. The zero-order chi connectivity index (χ0) is 13.7. The summed E-state index contributed by atoms with van der Waals surface area (Å²) in [6, 6.07) is -0.322. The number of hydrogen-bond donors (Lipinski definition) is 0. The van der Waals surface area contributed by atoms with E-state index in [1.807, 2.05) is 0 Å². The summed E-state index contributed by atoms with van der Waals surface area (Å²) in [6.45, 7) is 2.19. The molecule has 0 radical (unpaired) electrons. The van der Waals surface area contributed by atoms with E-state index in [2.05, 4.69) is 6.92 Å². The average molecular weight is 269 g/mol. The second-order valence-corrected chi connectivity index (χ2v) is 6.19. The van der Waals surface area contributed by atoms with Crippen molar-refractivity contribution < 1.29 is 9.66 Å². The van der Waals surface area contributed by atoms with E-state index in [1.54, 1.807) is 0 Å². The predicted octanol–water partition coefficient (Wildman–Crippen LogP) is 3.95. The van der Waals surface area contributed by atoms with Gasteiger partial charge in [-0.15, -0.1) is 0 Å². The van der Waals surface area contributed by atoms with Crippen LogP contribution in [0.5, 0.6) is 0 Å². The van der Waals surface area contributed by atoms with Crippen LogP contribution < -0.4 is 0 Å². The first kappa shape index (κ1) is 14.8. The van der Waals surface area contributed by atoms with Gasteiger partial charge in [0.05, 0.1) is 12.2 Å². The number of ether oxygens (including phenoxy) is 1. The summed E-state index contributed by atoms with van der Waals surface area (Å²) in [5.41, 5.74) is 0. The number of unbranched alkanes of at least 4 members (excludes halogenated alkanes) is 4. The van der Waals surface area contributed by atoms with E-state index in [4.69, 9.17) is 4.74 Å². The van der Waals surface area contributed by atoms with Gasteiger partial charge in [-0.05, 0) is 25.7 Å². The summed E-state index contributed by atoms with van der Waals surface area (Å²) < 4.78 is 5.61. The van der Waals surface area contributed by atoms with E-state index in [9.17, 15) is 10.1 Å². The molecule has 0 N–H and O–H groups in total. The number of nitro groups is 1. The average Bonchev–Trinajstić information content (AvgIpc) is 3.02. The topological polar surface area (TPSA) is 52.4 Å². The molecule has 4 atom stereocenters. The lowest BCUT2D eigenvalue weighted by Crippen LogP contribution is -2.29. The van der Waals surface area contributed by atoms with Crippen LogP contribution in [0.1, 0.15) is 71.1 Å². The molecule has 0 bridgehead atoms. The molecule has 0 spiro atoms. The maximum Gasteiger partial charge on any atom is 0.213 e. The Kier molecular flexibility index (Phi) is 5.61. The molecular formula is C15H27NO3.